The molecule has 0 unspecified atom stereocenters. The van der Waals surface area contributed by atoms with Gasteiger partial charge in [-0.15, -0.1) is 0 Å². The van der Waals surface area contributed by atoms with Crippen LogP contribution < -0.4 is 15.1 Å². The Morgan fingerprint density at radius 3 is 1.12 bits per heavy atom. The number of nitrogens with one attached hydrogen (secondary N) is 1. The van der Waals surface area contributed by atoms with Crippen LogP contribution in [0.2, 0.25) is 0 Å². The van der Waals surface area contributed by atoms with Crippen LogP contribution in [0.5, 0.6) is 0 Å². The molecule has 2 aromatic heterocycles. The fraction of sp³-hybridized carbons (Fsp3) is 0.148. The lowest BCUT2D eigenvalue weighted by Gasteiger charge is -2.23. The molecular weight excluding hydrogens is 815 g/mol. The van der Waals surface area contributed by atoms with Crippen LogP contribution in [0.15, 0.2) is 158 Å². The highest BCUT2D eigenvalue weighted by Gasteiger charge is 2.53. The van der Waals surface area contributed by atoms with Crippen molar-refractivity contribution in [2.24, 2.45) is 23.7 Å². The van der Waals surface area contributed by atoms with Crippen LogP contribution in [0, 0.1) is 23.7 Å². The first-order valence-electron chi connectivity index (χ1n) is 21.9. The number of hydrogen-bond donors (Lipinski definition) is 1. The highest BCUT2D eigenvalue weighted by Crippen LogP contribution is 2.45. The molecule has 4 heterocycles. The van der Waals surface area contributed by atoms with Gasteiger partial charge in [0, 0.05) is 57.5 Å². The number of nitrogens with zero attached hydrogens (tertiary/aromatic N) is 4. The van der Waals surface area contributed by atoms with Crippen LogP contribution in [-0.4, -0.2) is 44.6 Å². The fourth-order valence-corrected chi connectivity index (χ4v) is 10.9. The zero-order valence-corrected chi connectivity index (χ0v) is 34.9. The van der Waals surface area contributed by atoms with E-state index in [1.165, 1.54) is 9.80 Å². The fourth-order valence-electron chi connectivity index (χ4n) is 10.9. The van der Waals surface area contributed by atoms with E-state index in [0.29, 0.717) is 46.7 Å². The summed E-state index contributed by atoms with van der Waals surface area (Å²) >= 11 is 0. The standard InChI is InChI=1S/C54H39N5O6/c60-49(31-11-3-1-4-12-31)58-45-17-9-7-15-37(45)39-27-41-43(29-47(39)58)53(64)56(51(41)62)35-23-19-33(20-24-35)55-34-21-25-36(26-22-34)57-52(63)42-28-40-38-16-8-10-18-46(38)59(48(40)30-44(42)54(57)65)50(61)32-13-5-2-6-14-32/h1-26,41-44,55H,27-30H2/t41-,42+,43-,44+. The van der Waals surface area contributed by atoms with E-state index >= 15 is 0 Å². The average Bonchev–Trinajstić information content (AvgIpc) is 4.01. The van der Waals surface area contributed by atoms with Crippen LogP contribution in [0.4, 0.5) is 22.7 Å². The third kappa shape index (κ3) is 5.88. The summed E-state index contributed by atoms with van der Waals surface area (Å²) in [5.41, 5.74) is 8.43. The van der Waals surface area contributed by atoms with Crippen molar-refractivity contribution in [3.8, 4) is 0 Å². The zero-order valence-electron chi connectivity index (χ0n) is 34.9. The topological polar surface area (TPSA) is 131 Å². The maximum absolute atomic E-state index is 14.1. The first-order chi connectivity index (χ1) is 31.7. The lowest BCUT2D eigenvalue weighted by Crippen LogP contribution is -2.31. The number of hydrogen-bond acceptors (Lipinski definition) is 7. The monoisotopic (exact) mass is 853 g/mol. The van der Waals surface area contributed by atoms with E-state index in [4.69, 9.17) is 0 Å². The van der Waals surface area contributed by atoms with E-state index in [2.05, 4.69) is 5.32 Å². The molecule has 1 N–H and O–H groups in total. The number of carbonyl (C=O) groups excluding carboxylic acids is 6. The smallest absolute Gasteiger partial charge is 0.262 e. The van der Waals surface area contributed by atoms with Crippen LogP contribution in [0.3, 0.4) is 0 Å². The Balaban J connectivity index is 0.750. The normalized spacial score (nSPS) is 19.9. The van der Waals surface area contributed by atoms with E-state index in [9.17, 15) is 28.8 Å². The summed E-state index contributed by atoms with van der Waals surface area (Å²) in [4.78, 5) is 86.7. The van der Waals surface area contributed by atoms with Crippen molar-refractivity contribution in [3.05, 3.63) is 191 Å². The van der Waals surface area contributed by atoms with Crippen molar-refractivity contribution < 1.29 is 28.8 Å². The number of benzene rings is 6. The van der Waals surface area contributed by atoms with Gasteiger partial charge < -0.3 is 5.32 Å². The molecule has 6 aromatic carbocycles. The zero-order chi connectivity index (χ0) is 44.1. The maximum atomic E-state index is 14.1. The van der Waals surface area contributed by atoms with Crippen molar-refractivity contribution in [3.63, 3.8) is 0 Å². The summed E-state index contributed by atoms with van der Waals surface area (Å²) in [5, 5.41) is 5.18. The second-order valence-electron chi connectivity index (χ2n) is 17.4. The molecule has 0 bridgehead atoms. The molecule has 4 atom stereocenters. The maximum Gasteiger partial charge on any atom is 0.262 e. The van der Waals surface area contributed by atoms with Crippen LogP contribution in [-0.2, 0) is 44.9 Å². The molecule has 8 aromatic rings. The van der Waals surface area contributed by atoms with Crippen molar-refractivity contribution in [2.75, 3.05) is 15.1 Å². The predicted molar refractivity (Wildman–Crippen MR) is 246 cm³/mol. The number of rotatable bonds is 6. The van der Waals surface area contributed by atoms with Gasteiger partial charge in [-0.2, -0.15) is 0 Å². The summed E-state index contributed by atoms with van der Waals surface area (Å²) in [6.45, 7) is 0. The van der Waals surface area contributed by atoms with Crippen LogP contribution >= 0.6 is 0 Å². The number of amides is 4. The number of aromatic nitrogens is 2. The van der Waals surface area contributed by atoms with Gasteiger partial charge in [0.25, 0.3) is 11.8 Å². The third-order valence-electron chi connectivity index (χ3n) is 14.0. The van der Waals surface area contributed by atoms with E-state index in [1.807, 2.05) is 84.9 Å². The lowest BCUT2D eigenvalue weighted by molar-refractivity contribution is -0.124. The first kappa shape index (κ1) is 38.5. The van der Waals surface area contributed by atoms with Crippen molar-refractivity contribution >= 4 is 80.0 Å². The van der Waals surface area contributed by atoms with Gasteiger partial charge in [-0.3, -0.25) is 47.7 Å². The molecule has 11 nitrogen and oxygen atoms in total. The minimum Gasteiger partial charge on any atom is -0.356 e. The second kappa shape index (κ2) is 14.7. The van der Waals surface area contributed by atoms with E-state index in [1.54, 1.807) is 81.9 Å². The minimum absolute atomic E-state index is 0.165. The quantitative estimate of drug-likeness (QED) is 0.166. The largest absolute Gasteiger partial charge is 0.356 e. The minimum atomic E-state index is -0.594. The summed E-state index contributed by atoms with van der Waals surface area (Å²) in [7, 11) is 0. The van der Waals surface area contributed by atoms with Gasteiger partial charge in [0.1, 0.15) is 0 Å². The van der Waals surface area contributed by atoms with Crippen molar-refractivity contribution in [2.45, 2.75) is 25.7 Å². The van der Waals surface area contributed by atoms with Crippen molar-refractivity contribution in [1.29, 1.82) is 0 Å². The summed E-state index contributed by atoms with van der Waals surface area (Å²) in [6.07, 6.45) is 1.29. The summed E-state index contributed by atoms with van der Waals surface area (Å²) < 4.78 is 3.45. The van der Waals surface area contributed by atoms with Gasteiger partial charge in [-0.25, -0.2) is 0 Å². The van der Waals surface area contributed by atoms with Gasteiger partial charge in [-0.1, -0.05) is 72.8 Å². The van der Waals surface area contributed by atoms with Gasteiger partial charge >= 0.3 is 0 Å². The van der Waals surface area contributed by atoms with Crippen LogP contribution in [0.1, 0.15) is 43.2 Å². The average molecular weight is 854 g/mol. The van der Waals surface area contributed by atoms with E-state index in [0.717, 1.165) is 44.3 Å². The molecule has 2 aliphatic heterocycles. The Bertz CT molecular complexity index is 3110. The highest BCUT2D eigenvalue weighted by molar-refractivity contribution is 6.23. The SMILES string of the molecule is O=C1[C@H]2Cc3c(n(C(=O)c4ccccc4)c4ccccc34)C[C@@H]2C(=O)N1c1ccc(Nc2ccc(N3C(=O)[C@@H]4Cc5c(n(C(=O)c6ccccc6)c6ccccc56)C[C@H]4C3=O)cc2)cc1. The molecule has 4 aliphatic rings. The molecule has 0 saturated carbocycles. The van der Waals surface area contributed by atoms with E-state index in [-0.39, 0.29) is 48.3 Å². The molecule has 4 amide bonds. The number of imide groups is 2. The number of carbonyl (C=O) groups is 6. The molecular formula is C54H39N5O6. The van der Waals surface area contributed by atoms with E-state index < -0.39 is 23.7 Å². The molecule has 0 radical (unpaired) electrons. The number of para-hydroxylation sites is 2. The number of anilines is 4. The molecule has 2 fully saturated rings. The summed E-state index contributed by atoms with van der Waals surface area (Å²) in [5.74, 6) is -3.65. The lowest BCUT2D eigenvalue weighted by atomic mass is 9.79. The molecule has 11 heteroatoms. The Morgan fingerprint density at radius 2 is 0.738 bits per heavy atom. The predicted octanol–water partition coefficient (Wildman–Crippen LogP) is 8.53. The van der Waals surface area contributed by atoms with Gasteiger partial charge in [0.2, 0.25) is 23.6 Å². The molecule has 2 aliphatic carbocycles. The molecule has 316 valence electrons. The van der Waals surface area contributed by atoms with Crippen LogP contribution in [0.25, 0.3) is 21.8 Å². The summed E-state index contributed by atoms with van der Waals surface area (Å²) in [6, 6.07) is 47.8. The molecule has 12 rings (SSSR count). The van der Waals surface area contributed by atoms with Crippen molar-refractivity contribution in [1.82, 2.24) is 9.13 Å². The Kier molecular flexibility index (Phi) is 8.71. The van der Waals surface area contributed by atoms with Gasteiger partial charge in [-0.05, 0) is 109 Å². The Labute approximate surface area is 372 Å². The van der Waals surface area contributed by atoms with Gasteiger partial charge in [0.15, 0.2) is 0 Å². The molecule has 2 saturated heterocycles. The number of fused-ring (bicyclic) bond motifs is 8. The molecule has 0 spiro atoms. The Hall–Kier alpha value is -8.18. The Morgan fingerprint density at radius 1 is 0.400 bits per heavy atom. The third-order valence-corrected chi connectivity index (χ3v) is 14.0. The molecule has 65 heavy (non-hydrogen) atoms. The second-order valence-corrected chi connectivity index (χ2v) is 17.4. The van der Waals surface area contributed by atoms with Gasteiger partial charge in [0.05, 0.1) is 46.1 Å². The first-order valence-corrected chi connectivity index (χ1v) is 21.9. The highest BCUT2D eigenvalue weighted by atomic mass is 16.2.